The molecule has 0 spiro atoms. The number of nitrogens with two attached hydrogens (primary N) is 1. The molecular formula is C11H19N5OS. The highest BCUT2D eigenvalue weighted by atomic mass is 32.1. The lowest BCUT2D eigenvalue weighted by molar-refractivity contribution is -0.131. The fourth-order valence-corrected chi connectivity index (χ4v) is 2.76. The molecule has 2 heterocycles. The van der Waals surface area contributed by atoms with Crippen molar-refractivity contribution in [3.63, 3.8) is 0 Å². The molecule has 0 bridgehead atoms. The number of hydrogen-bond donors (Lipinski definition) is 2. The van der Waals surface area contributed by atoms with Crippen molar-refractivity contribution in [2.45, 2.75) is 39.2 Å². The second-order valence-electron chi connectivity index (χ2n) is 4.61. The van der Waals surface area contributed by atoms with E-state index >= 15 is 0 Å². The van der Waals surface area contributed by atoms with E-state index in [0.29, 0.717) is 18.9 Å². The minimum atomic E-state index is 0.210. The van der Waals surface area contributed by atoms with E-state index in [4.69, 9.17) is 5.84 Å². The van der Waals surface area contributed by atoms with E-state index in [9.17, 15) is 4.79 Å². The van der Waals surface area contributed by atoms with Gasteiger partial charge < -0.3 is 10.3 Å². The van der Waals surface area contributed by atoms with Crippen LogP contribution in [0.4, 0.5) is 5.00 Å². The number of carbonyl (C=O) groups is 1. The average molecular weight is 269 g/mol. The number of nitrogens with zero attached hydrogens (tertiary/aromatic N) is 3. The van der Waals surface area contributed by atoms with Crippen molar-refractivity contribution in [1.82, 2.24) is 14.5 Å². The highest BCUT2D eigenvalue weighted by Gasteiger charge is 2.23. The van der Waals surface area contributed by atoms with Gasteiger partial charge in [-0.3, -0.25) is 4.79 Å². The first kappa shape index (κ1) is 13.2. The van der Waals surface area contributed by atoms with Crippen molar-refractivity contribution in [3.05, 3.63) is 5.69 Å². The third kappa shape index (κ3) is 2.97. The van der Waals surface area contributed by atoms with Crippen LogP contribution in [0, 0.1) is 5.92 Å². The first-order valence-electron chi connectivity index (χ1n) is 6.30. The fraction of sp³-hybridized carbons (Fsp3) is 0.727. The van der Waals surface area contributed by atoms with Crippen molar-refractivity contribution in [3.8, 4) is 0 Å². The third-order valence-corrected chi connectivity index (χ3v) is 4.23. The van der Waals surface area contributed by atoms with Crippen LogP contribution in [0.2, 0.25) is 0 Å². The number of aromatic nitrogens is 2. The molecule has 0 saturated carbocycles. The van der Waals surface area contributed by atoms with Crippen molar-refractivity contribution >= 4 is 22.4 Å². The molecule has 1 unspecified atom stereocenters. The average Bonchev–Trinajstić information content (AvgIpc) is 2.76. The lowest BCUT2D eigenvalue weighted by Gasteiger charge is -2.19. The Labute approximate surface area is 111 Å². The van der Waals surface area contributed by atoms with E-state index in [0.717, 1.165) is 36.5 Å². The van der Waals surface area contributed by atoms with Crippen LogP contribution in [0.25, 0.3) is 0 Å². The standard InChI is InChI=1S/C11H19N5OS/c1-2-8-3-4-10(17)16(6-5-8)7-9-11(13-12)18-15-14-9/h8,13H,2-7,12H2,1H3. The summed E-state index contributed by atoms with van der Waals surface area (Å²) in [4.78, 5) is 13.9. The molecule has 6 nitrogen and oxygen atoms in total. The molecule has 1 aliphatic heterocycles. The van der Waals surface area contributed by atoms with Crippen LogP contribution in [0.15, 0.2) is 0 Å². The second-order valence-corrected chi connectivity index (χ2v) is 5.36. The van der Waals surface area contributed by atoms with E-state index < -0.39 is 0 Å². The molecule has 18 heavy (non-hydrogen) atoms. The van der Waals surface area contributed by atoms with E-state index in [-0.39, 0.29) is 5.91 Å². The van der Waals surface area contributed by atoms with Gasteiger partial charge in [0.05, 0.1) is 6.54 Å². The topological polar surface area (TPSA) is 84.1 Å². The molecular weight excluding hydrogens is 250 g/mol. The summed E-state index contributed by atoms with van der Waals surface area (Å²) in [5, 5.41) is 4.75. The first-order chi connectivity index (χ1) is 8.74. The molecule has 3 N–H and O–H groups in total. The van der Waals surface area contributed by atoms with Gasteiger partial charge >= 0.3 is 0 Å². The molecule has 1 fully saturated rings. The highest BCUT2D eigenvalue weighted by molar-refractivity contribution is 7.10. The minimum absolute atomic E-state index is 0.210. The Morgan fingerprint density at radius 1 is 1.56 bits per heavy atom. The van der Waals surface area contributed by atoms with Gasteiger partial charge in [0.1, 0.15) is 10.7 Å². The number of anilines is 1. The molecule has 7 heteroatoms. The molecule has 100 valence electrons. The van der Waals surface area contributed by atoms with Gasteiger partial charge in [-0.05, 0) is 18.8 Å². The Morgan fingerprint density at radius 3 is 3.11 bits per heavy atom. The predicted octanol–water partition coefficient (Wildman–Crippen LogP) is 1.36. The Bertz CT molecular complexity index is 408. The van der Waals surface area contributed by atoms with Crippen LogP contribution in [0.5, 0.6) is 0 Å². The summed E-state index contributed by atoms with van der Waals surface area (Å²) in [5.74, 6) is 6.26. The van der Waals surface area contributed by atoms with Gasteiger partial charge in [-0.15, -0.1) is 5.10 Å². The summed E-state index contributed by atoms with van der Waals surface area (Å²) >= 11 is 1.21. The number of rotatable bonds is 4. The summed E-state index contributed by atoms with van der Waals surface area (Å²) in [7, 11) is 0. The SMILES string of the molecule is CCC1CCC(=O)N(Cc2nnsc2NN)CC1. The predicted molar refractivity (Wildman–Crippen MR) is 70.8 cm³/mol. The summed E-state index contributed by atoms with van der Waals surface area (Å²) in [6, 6.07) is 0. The Balaban J connectivity index is 2.02. The number of nitrogens with one attached hydrogen (secondary N) is 1. The number of hydrogen-bond acceptors (Lipinski definition) is 6. The third-order valence-electron chi connectivity index (χ3n) is 3.53. The summed E-state index contributed by atoms with van der Waals surface area (Å²) in [5.41, 5.74) is 3.33. The maximum atomic E-state index is 12.0. The number of likely N-dealkylation sites (tertiary alicyclic amines) is 1. The van der Waals surface area contributed by atoms with Crippen molar-refractivity contribution in [1.29, 1.82) is 0 Å². The van der Waals surface area contributed by atoms with E-state index in [1.54, 1.807) is 0 Å². The fourth-order valence-electron chi connectivity index (χ4n) is 2.27. The van der Waals surface area contributed by atoms with Crippen LogP contribution in [-0.4, -0.2) is 26.9 Å². The van der Waals surface area contributed by atoms with Crippen molar-refractivity contribution < 1.29 is 4.79 Å². The first-order valence-corrected chi connectivity index (χ1v) is 7.07. The number of amides is 1. The smallest absolute Gasteiger partial charge is 0.222 e. The number of nitrogen functional groups attached to an aromatic ring is 1. The largest absolute Gasteiger partial charge is 0.337 e. The lowest BCUT2D eigenvalue weighted by Crippen LogP contribution is -2.30. The maximum absolute atomic E-state index is 12.0. The molecule has 0 aliphatic carbocycles. The summed E-state index contributed by atoms with van der Waals surface area (Å²) < 4.78 is 3.85. The van der Waals surface area contributed by atoms with Gasteiger partial charge in [0.15, 0.2) is 0 Å². The summed E-state index contributed by atoms with van der Waals surface area (Å²) in [6.07, 6.45) is 3.87. The lowest BCUT2D eigenvalue weighted by atomic mass is 9.98. The van der Waals surface area contributed by atoms with Gasteiger partial charge in [-0.2, -0.15) is 0 Å². The van der Waals surface area contributed by atoms with Crippen LogP contribution in [-0.2, 0) is 11.3 Å². The van der Waals surface area contributed by atoms with Crippen molar-refractivity contribution in [2.75, 3.05) is 12.0 Å². The van der Waals surface area contributed by atoms with Crippen LogP contribution < -0.4 is 11.3 Å². The van der Waals surface area contributed by atoms with Gasteiger partial charge in [-0.25, -0.2) is 5.84 Å². The molecule has 1 aromatic rings. The van der Waals surface area contributed by atoms with E-state index in [1.807, 2.05) is 4.90 Å². The van der Waals surface area contributed by atoms with E-state index in [1.165, 1.54) is 11.5 Å². The highest BCUT2D eigenvalue weighted by Crippen LogP contribution is 2.24. The van der Waals surface area contributed by atoms with Gasteiger partial charge in [-0.1, -0.05) is 17.8 Å². The van der Waals surface area contributed by atoms with Gasteiger partial charge in [0.2, 0.25) is 5.91 Å². The Morgan fingerprint density at radius 2 is 2.39 bits per heavy atom. The minimum Gasteiger partial charge on any atom is -0.337 e. The number of hydrazine groups is 1. The van der Waals surface area contributed by atoms with E-state index in [2.05, 4.69) is 21.9 Å². The summed E-state index contributed by atoms with van der Waals surface area (Å²) in [6.45, 7) is 3.50. The van der Waals surface area contributed by atoms with Gasteiger partial charge in [0.25, 0.3) is 0 Å². The Kier molecular flexibility index (Phi) is 4.48. The Hall–Kier alpha value is -1.21. The van der Waals surface area contributed by atoms with Crippen LogP contribution in [0.3, 0.4) is 0 Å². The van der Waals surface area contributed by atoms with Gasteiger partial charge in [0, 0.05) is 24.5 Å². The monoisotopic (exact) mass is 269 g/mol. The van der Waals surface area contributed by atoms with Crippen molar-refractivity contribution in [2.24, 2.45) is 11.8 Å². The molecule has 1 amide bonds. The van der Waals surface area contributed by atoms with Crippen LogP contribution >= 0.6 is 11.5 Å². The zero-order valence-electron chi connectivity index (χ0n) is 10.6. The van der Waals surface area contributed by atoms with Crippen LogP contribution in [0.1, 0.15) is 38.3 Å². The molecule has 1 aliphatic rings. The second kappa shape index (κ2) is 6.10. The molecule has 1 saturated heterocycles. The quantitative estimate of drug-likeness (QED) is 0.637. The maximum Gasteiger partial charge on any atom is 0.222 e. The molecule has 0 radical (unpaired) electrons. The zero-order chi connectivity index (χ0) is 13.0. The zero-order valence-corrected chi connectivity index (χ0v) is 11.4. The normalized spacial score (nSPS) is 20.9. The molecule has 0 aromatic carbocycles. The molecule has 1 aromatic heterocycles. The molecule has 1 atom stereocenters. The number of carbonyl (C=O) groups excluding carboxylic acids is 1. The molecule has 2 rings (SSSR count).